The molecule has 0 aromatic heterocycles. The molecule has 0 N–H and O–H groups in total. The highest BCUT2D eigenvalue weighted by molar-refractivity contribution is 9.09. The second-order valence-electron chi connectivity index (χ2n) is 3.28. The molecule has 0 aliphatic rings. The van der Waals surface area contributed by atoms with E-state index in [1.807, 2.05) is 13.8 Å². The molecule has 0 unspecified atom stereocenters. The van der Waals surface area contributed by atoms with Gasteiger partial charge in [-0.05, 0) is 26.7 Å². The highest BCUT2D eigenvalue weighted by Crippen LogP contribution is 1.98. The third kappa shape index (κ3) is 12.4. The fourth-order valence-electron chi connectivity index (χ4n) is 0.920. The quantitative estimate of drug-likeness (QED) is 0.464. The topological polar surface area (TPSA) is 18.5 Å². The molecule has 0 amide bonds. The Morgan fingerprint density at radius 1 is 1.00 bits per heavy atom. The molecule has 2 nitrogen and oxygen atoms in total. The van der Waals surface area contributed by atoms with Crippen molar-refractivity contribution in [2.45, 2.75) is 39.2 Å². The third-order valence-corrected chi connectivity index (χ3v) is 2.16. The van der Waals surface area contributed by atoms with E-state index >= 15 is 0 Å². The summed E-state index contributed by atoms with van der Waals surface area (Å²) in [6, 6.07) is 0. The Morgan fingerprint density at radius 2 is 1.77 bits per heavy atom. The second-order valence-corrected chi connectivity index (χ2v) is 4.07. The van der Waals surface area contributed by atoms with Crippen molar-refractivity contribution in [1.82, 2.24) is 0 Å². The first-order chi connectivity index (χ1) is 6.27. The van der Waals surface area contributed by atoms with E-state index in [1.165, 1.54) is 12.8 Å². The summed E-state index contributed by atoms with van der Waals surface area (Å²) in [4.78, 5) is 0. The van der Waals surface area contributed by atoms with E-state index in [1.54, 1.807) is 0 Å². The summed E-state index contributed by atoms with van der Waals surface area (Å²) in [5.41, 5.74) is 0. The second kappa shape index (κ2) is 10.5. The Balaban J connectivity index is 2.84. The maximum Gasteiger partial charge on any atom is 0.0703 e. The first-order valence-corrected chi connectivity index (χ1v) is 6.15. The molecule has 0 aromatic rings. The van der Waals surface area contributed by atoms with E-state index in [0.29, 0.717) is 6.10 Å². The summed E-state index contributed by atoms with van der Waals surface area (Å²) in [5.74, 6) is 0. The van der Waals surface area contributed by atoms with Gasteiger partial charge in [0.05, 0.1) is 19.3 Å². The summed E-state index contributed by atoms with van der Waals surface area (Å²) < 4.78 is 10.7. The van der Waals surface area contributed by atoms with Crippen LogP contribution in [0.2, 0.25) is 0 Å². The highest BCUT2D eigenvalue weighted by atomic mass is 79.9. The van der Waals surface area contributed by atoms with Gasteiger partial charge in [-0.3, -0.25) is 0 Å². The molecular formula is C10H21BrO2. The normalized spacial score (nSPS) is 11.1. The molecule has 0 spiro atoms. The zero-order chi connectivity index (χ0) is 9.94. The Hall–Kier alpha value is 0.400. The molecule has 0 aromatic carbocycles. The lowest BCUT2D eigenvalue weighted by molar-refractivity contribution is 0.0187. The van der Waals surface area contributed by atoms with Gasteiger partial charge in [-0.25, -0.2) is 0 Å². The Labute approximate surface area is 90.1 Å². The number of ether oxygens (including phenoxy) is 2. The molecule has 0 aliphatic carbocycles. The van der Waals surface area contributed by atoms with Gasteiger partial charge in [-0.1, -0.05) is 22.4 Å². The van der Waals surface area contributed by atoms with Crippen LogP contribution >= 0.6 is 15.9 Å². The lowest BCUT2D eigenvalue weighted by Crippen LogP contribution is -2.10. The minimum Gasteiger partial charge on any atom is -0.379 e. The molecule has 0 saturated heterocycles. The zero-order valence-electron chi connectivity index (χ0n) is 8.72. The predicted octanol–water partition coefficient (Wildman–Crippen LogP) is 2.99. The van der Waals surface area contributed by atoms with Crippen molar-refractivity contribution in [2.75, 3.05) is 25.2 Å². The fraction of sp³-hybridized carbons (Fsp3) is 1.00. The molecule has 0 saturated carbocycles. The monoisotopic (exact) mass is 252 g/mol. The van der Waals surface area contributed by atoms with E-state index in [4.69, 9.17) is 9.47 Å². The van der Waals surface area contributed by atoms with Crippen LogP contribution in [-0.2, 0) is 9.47 Å². The van der Waals surface area contributed by atoms with E-state index in [0.717, 1.165) is 31.6 Å². The van der Waals surface area contributed by atoms with Crippen LogP contribution in [0.1, 0.15) is 33.1 Å². The molecule has 0 atom stereocenters. The standard InChI is InChI=1S/C10H21BrO2/c1-10(2)13-9-8-12-7-5-3-4-6-11/h10H,3-9H2,1-2H3. The lowest BCUT2D eigenvalue weighted by Gasteiger charge is -2.07. The largest absolute Gasteiger partial charge is 0.379 e. The number of rotatable bonds is 9. The maximum atomic E-state index is 5.39. The van der Waals surface area contributed by atoms with E-state index < -0.39 is 0 Å². The van der Waals surface area contributed by atoms with E-state index in [9.17, 15) is 0 Å². The number of hydrogen-bond acceptors (Lipinski definition) is 2. The van der Waals surface area contributed by atoms with Crippen molar-refractivity contribution in [1.29, 1.82) is 0 Å². The van der Waals surface area contributed by atoms with E-state index in [-0.39, 0.29) is 0 Å². The maximum absolute atomic E-state index is 5.39. The average molecular weight is 253 g/mol. The van der Waals surface area contributed by atoms with Gasteiger partial charge >= 0.3 is 0 Å². The first-order valence-electron chi connectivity index (χ1n) is 5.02. The molecule has 0 rings (SSSR count). The van der Waals surface area contributed by atoms with Gasteiger partial charge in [0, 0.05) is 11.9 Å². The predicted molar refractivity (Wildman–Crippen MR) is 59.6 cm³/mol. The Morgan fingerprint density at radius 3 is 2.38 bits per heavy atom. The minimum absolute atomic E-state index is 0.317. The number of alkyl halides is 1. The van der Waals surface area contributed by atoms with Crippen molar-refractivity contribution in [2.24, 2.45) is 0 Å². The van der Waals surface area contributed by atoms with Crippen molar-refractivity contribution < 1.29 is 9.47 Å². The molecule has 3 heteroatoms. The van der Waals surface area contributed by atoms with E-state index in [2.05, 4.69) is 15.9 Å². The fourth-order valence-corrected chi connectivity index (χ4v) is 1.32. The number of unbranched alkanes of at least 4 members (excludes halogenated alkanes) is 2. The smallest absolute Gasteiger partial charge is 0.0703 e. The van der Waals surface area contributed by atoms with Crippen LogP contribution in [0, 0.1) is 0 Å². The van der Waals surface area contributed by atoms with Crippen LogP contribution in [-0.4, -0.2) is 31.3 Å². The van der Waals surface area contributed by atoms with Gasteiger partial charge in [0.2, 0.25) is 0 Å². The molecule has 0 aliphatic heterocycles. The Bertz CT molecular complexity index is 96.9. The van der Waals surface area contributed by atoms with Crippen LogP contribution in [0.3, 0.4) is 0 Å². The molecule has 80 valence electrons. The van der Waals surface area contributed by atoms with Crippen molar-refractivity contribution in [3.05, 3.63) is 0 Å². The highest BCUT2D eigenvalue weighted by Gasteiger charge is 1.93. The molecule has 13 heavy (non-hydrogen) atoms. The minimum atomic E-state index is 0.317. The number of hydrogen-bond donors (Lipinski definition) is 0. The summed E-state index contributed by atoms with van der Waals surface area (Å²) >= 11 is 3.40. The van der Waals surface area contributed by atoms with Crippen LogP contribution in [0.15, 0.2) is 0 Å². The number of halogens is 1. The van der Waals surface area contributed by atoms with Crippen LogP contribution in [0.25, 0.3) is 0 Å². The van der Waals surface area contributed by atoms with Gasteiger partial charge in [0.25, 0.3) is 0 Å². The molecule has 0 bridgehead atoms. The van der Waals surface area contributed by atoms with Crippen LogP contribution in [0.5, 0.6) is 0 Å². The summed E-state index contributed by atoms with van der Waals surface area (Å²) in [7, 11) is 0. The molecule has 0 heterocycles. The van der Waals surface area contributed by atoms with Crippen LogP contribution < -0.4 is 0 Å². The van der Waals surface area contributed by atoms with Crippen molar-refractivity contribution in [3.63, 3.8) is 0 Å². The molecular weight excluding hydrogens is 232 g/mol. The third-order valence-electron chi connectivity index (χ3n) is 1.60. The average Bonchev–Trinajstić information content (AvgIpc) is 2.09. The Kier molecular flexibility index (Phi) is 10.8. The first kappa shape index (κ1) is 13.4. The van der Waals surface area contributed by atoms with Crippen LogP contribution in [0.4, 0.5) is 0 Å². The van der Waals surface area contributed by atoms with Gasteiger partial charge in [-0.15, -0.1) is 0 Å². The van der Waals surface area contributed by atoms with Gasteiger partial charge < -0.3 is 9.47 Å². The summed E-state index contributed by atoms with van der Waals surface area (Å²) in [6.45, 7) is 6.39. The molecule has 0 radical (unpaired) electrons. The summed E-state index contributed by atoms with van der Waals surface area (Å²) in [6.07, 6.45) is 3.96. The van der Waals surface area contributed by atoms with Gasteiger partial charge in [0.1, 0.15) is 0 Å². The van der Waals surface area contributed by atoms with Gasteiger partial charge in [-0.2, -0.15) is 0 Å². The zero-order valence-corrected chi connectivity index (χ0v) is 10.3. The molecule has 0 fully saturated rings. The van der Waals surface area contributed by atoms with Gasteiger partial charge in [0.15, 0.2) is 0 Å². The lowest BCUT2D eigenvalue weighted by atomic mass is 10.3. The summed E-state index contributed by atoms with van der Waals surface area (Å²) in [5, 5.41) is 1.10. The SMILES string of the molecule is CC(C)OCCOCCCCCBr. The van der Waals surface area contributed by atoms with Crippen molar-refractivity contribution in [3.8, 4) is 0 Å². The van der Waals surface area contributed by atoms with Crippen molar-refractivity contribution >= 4 is 15.9 Å².